The first kappa shape index (κ1) is 21.0. The molecule has 6 nitrogen and oxygen atoms in total. The fourth-order valence-electron chi connectivity index (χ4n) is 4.18. The third-order valence-corrected chi connectivity index (χ3v) is 7.75. The van der Waals surface area contributed by atoms with Gasteiger partial charge < -0.3 is 11.1 Å². The number of nitrogens with one attached hydrogen (secondary N) is 1. The molecule has 7 heteroatoms. The molecule has 0 saturated carbocycles. The van der Waals surface area contributed by atoms with Crippen LogP contribution in [0, 0.1) is 0 Å². The van der Waals surface area contributed by atoms with Gasteiger partial charge in [-0.15, -0.1) is 0 Å². The number of hydrogen-bond acceptors (Lipinski definition) is 4. The highest BCUT2D eigenvalue weighted by Crippen LogP contribution is 2.29. The van der Waals surface area contributed by atoms with Gasteiger partial charge in [0.2, 0.25) is 10.0 Å². The van der Waals surface area contributed by atoms with Gasteiger partial charge in [-0.3, -0.25) is 9.10 Å². The minimum Gasteiger partial charge on any atom is -0.398 e. The van der Waals surface area contributed by atoms with Crippen molar-refractivity contribution in [3.8, 4) is 11.1 Å². The van der Waals surface area contributed by atoms with Crippen LogP contribution < -0.4 is 15.4 Å². The summed E-state index contributed by atoms with van der Waals surface area (Å²) in [6.07, 6.45) is 0.617. The topological polar surface area (TPSA) is 92.5 Å². The van der Waals surface area contributed by atoms with Crippen LogP contribution in [0.1, 0.15) is 16.8 Å². The molecular formula is C26H23N3O3S. The summed E-state index contributed by atoms with van der Waals surface area (Å²) in [5.74, 6) is -0.0924. The largest absolute Gasteiger partial charge is 0.398 e. The third kappa shape index (κ3) is 4.15. The third-order valence-electron chi connectivity index (χ3n) is 5.88. The second-order valence-electron chi connectivity index (χ2n) is 8.11. The minimum atomic E-state index is -3.24. The summed E-state index contributed by atoms with van der Waals surface area (Å²) in [4.78, 5) is 12.8. The van der Waals surface area contributed by atoms with Crippen molar-refractivity contribution in [2.75, 3.05) is 27.7 Å². The predicted molar refractivity (Wildman–Crippen MR) is 134 cm³/mol. The van der Waals surface area contributed by atoms with Gasteiger partial charge in [0.15, 0.2) is 0 Å². The van der Waals surface area contributed by atoms with Crippen molar-refractivity contribution in [2.24, 2.45) is 0 Å². The molecule has 0 atom stereocenters. The number of sulfonamides is 1. The molecule has 4 aromatic rings. The second-order valence-corrected chi connectivity index (χ2v) is 10.1. The summed E-state index contributed by atoms with van der Waals surface area (Å²) in [6, 6.07) is 26.3. The Kier molecular flexibility index (Phi) is 5.26. The SMILES string of the molecule is Nc1cccc2cc(-c3cccc(NC(=O)c4ccc(N5CCCS5(=O)=O)cc4)c3)ccc12. The molecule has 0 bridgehead atoms. The lowest BCUT2D eigenvalue weighted by molar-refractivity contribution is 0.102. The van der Waals surface area contributed by atoms with Gasteiger partial charge in [0.25, 0.3) is 5.91 Å². The zero-order chi connectivity index (χ0) is 23.0. The monoisotopic (exact) mass is 457 g/mol. The number of carbonyl (C=O) groups is 1. The summed E-state index contributed by atoms with van der Waals surface area (Å²) in [5, 5.41) is 5.00. The van der Waals surface area contributed by atoms with Crippen LogP contribution in [-0.2, 0) is 10.0 Å². The first-order valence-electron chi connectivity index (χ1n) is 10.7. The van der Waals surface area contributed by atoms with Gasteiger partial charge in [-0.25, -0.2) is 8.42 Å². The molecule has 1 fully saturated rings. The molecule has 1 heterocycles. The summed E-state index contributed by atoms with van der Waals surface area (Å²) < 4.78 is 25.6. The fourth-order valence-corrected chi connectivity index (χ4v) is 5.74. The number of amides is 1. The molecule has 1 aliphatic heterocycles. The number of anilines is 3. The summed E-state index contributed by atoms with van der Waals surface area (Å²) >= 11 is 0. The maximum Gasteiger partial charge on any atom is 0.255 e. The molecule has 1 saturated heterocycles. The van der Waals surface area contributed by atoms with Crippen molar-refractivity contribution in [1.82, 2.24) is 0 Å². The van der Waals surface area contributed by atoms with Crippen molar-refractivity contribution in [1.29, 1.82) is 0 Å². The average Bonchev–Trinajstić information content (AvgIpc) is 3.18. The number of nitrogens with zero attached hydrogens (tertiary/aromatic N) is 1. The molecule has 0 radical (unpaired) electrons. The molecule has 3 N–H and O–H groups in total. The van der Waals surface area contributed by atoms with E-state index in [2.05, 4.69) is 11.4 Å². The van der Waals surface area contributed by atoms with Crippen molar-refractivity contribution in [2.45, 2.75) is 6.42 Å². The van der Waals surface area contributed by atoms with E-state index in [1.165, 1.54) is 4.31 Å². The van der Waals surface area contributed by atoms with E-state index in [9.17, 15) is 13.2 Å². The lowest BCUT2D eigenvalue weighted by Crippen LogP contribution is -2.25. The van der Waals surface area contributed by atoms with E-state index in [4.69, 9.17) is 5.73 Å². The van der Waals surface area contributed by atoms with Crippen LogP contribution in [0.25, 0.3) is 21.9 Å². The standard InChI is InChI=1S/C26H23N3O3S/c27-25-7-2-5-21-16-20(10-13-24(21)25)19-4-1-6-22(17-19)28-26(30)18-8-11-23(12-9-18)29-14-3-15-33(29,31)32/h1-2,4-13,16-17H,3,14-15,27H2,(H,28,30). The Hall–Kier alpha value is -3.84. The molecule has 0 aromatic heterocycles. The van der Waals surface area contributed by atoms with E-state index in [0.717, 1.165) is 27.6 Å². The van der Waals surface area contributed by atoms with E-state index < -0.39 is 10.0 Å². The van der Waals surface area contributed by atoms with E-state index in [0.29, 0.717) is 29.9 Å². The number of nitrogen functional groups attached to an aromatic ring is 1. The van der Waals surface area contributed by atoms with Gasteiger partial charge in [-0.05, 0) is 71.5 Å². The van der Waals surface area contributed by atoms with Crippen LogP contribution in [0.2, 0.25) is 0 Å². The van der Waals surface area contributed by atoms with Crippen molar-refractivity contribution >= 4 is 43.8 Å². The van der Waals surface area contributed by atoms with E-state index in [1.54, 1.807) is 24.3 Å². The van der Waals surface area contributed by atoms with Crippen molar-refractivity contribution < 1.29 is 13.2 Å². The number of nitrogens with two attached hydrogens (primary N) is 1. The smallest absolute Gasteiger partial charge is 0.255 e. The highest BCUT2D eigenvalue weighted by molar-refractivity contribution is 7.93. The Morgan fingerprint density at radius 1 is 0.879 bits per heavy atom. The lowest BCUT2D eigenvalue weighted by atomic mass is 10.00. The number of benzene rings is 4. The summed E-state index contributed by atoms with van der Waals surface area (Å²) in [7, 11) is -3.24. The van der Waals surface area contributed by atoms with Gasteiger partial charge >= 0.3 is 0 Å². The van der Waals surface area contributed by atoms with Crippen molar-refractivity contribution in [3.63, 3.8) is 0 Å². The number of carbonyl (C=O) groups excluding carboxylic acids is 1. The first-order valence-corrected chi connectivity index (χ1v) is 12.3. The minimum absolute atomic E-state index is 0.163. The normalized spacial score (nSPS) is 15.0. The van der Waals surface area contributed by atoms with Crippen LogP contribution in [0.15, 0.2) is 84.9 Å². The summed E-state index contributed by atoms with van der Waals surface area (Å²) in [6.45, 7) is 0.474. The molecule has 33 heavy (non-hydrogen) atoms. The maximum absolute atomic E-state index is 12.8. The summed E-state index contributed by atoms with van der Waals surface area (Å²) in [5.41, 5.74) is 10.5. The van der Waals surface area contributed by atoms with Crippen LogP contribution in [0.4, 0.5) is 17.1 Å². The molecule has 5 rings (SSSR count). The highest BCUT2D eigenvalue weighted by Gasteiger charge is 2.28. The number of rotatable bonds is 4. The first-order chi connectivity index (χ1) is 15.9. The maximum atomic E-state index is 12.8. The Balaban J connectivity index is 1.35. The predicted octanol–water partition coefficient (Wildman–Crippen LogP) is 4.88. The van der Waals surface area contributed by atoms with Crippen LogP contribution in [0.3, 0.4) is 0 Å². The molecule has 4 aromatic carbocycles. The molecule has 0 aliphatic carbocycles. The Morgan fingerprint density at radius 2 is 1.64 bits per heavy atom. The van der Waals surface area contributed by atoms with Gasteiger partial charge in [0.1, 0.15) is 0 Å². The molecule has 166 valence electrons. The molecule has 1 amide bonds. The Bertz CT molecular complexity index is 1460. The van der Waals surface area contributed by atoms with E-state index in [1.807, 2.05) is 54.6 Å². The highest BCUT2D eigenvalue weighted by atomic mass is 32.2. The molecule has 1 aliphatic rings. The van der Waals surface area contributed by atoms with Crippen LogP contribution in [-0.4, -0.2) is 26.6 Å². The lowest BCUT2D eigenvalue weighted by Gasteiger charge is -2.17. The van der Waals surface area contributed by atoms with Gasteiger partial charge in [-0.1, -0.05) is 36.4 Å². The Morgan fingerprint density at radius 3 is 2.39 bits per heavy atom. The van der Waals surface area contributed by atoms with Gasteiger partial charge in [0, 0.05) is 28.9 Å². The molecular weight excluding hydrogens is 434 g/mol. The fraction of sp³-hybridized carbons (Fsp3) is 0.115. The molecule has 0 unspecified atom stereocenters. The van der Waals surface area contributed by atoms with Crippen LogP contribution in [0.5, 0.6) is 0 Å². The average molecular weight is 458 g/mol. The molecule has 0 spiro atoms. The zero-order valence-corrected chi connectivity index (χ0v) is 18.7. The van der Waals surface area contributed by atoms with E-state index >= 15 is 0 Å². The van der Waals surface area contributed by atoms with Crippen LogP contribution >= 0.6 is 0 Å². The van der Waals surface area contributed by atoms with Crippen molar-refractivity contribution in [3.05, 3.63) is 90.5 Å². The number of hydrogen-bond donors (Lipinski definition) is 2. The van der Waals surface area contributed by atoms with E-state index in [-0.39, 0.29) is 11.7 Å². The number of fused-ring (bicyclic) bond motifs is 1. The quantitative estimate of drug-likeness (QED) is 0.427. The Labute approximate surface area is 192 Å². The second kappa shape index (κ2) is 8.26. The van der Waals surface area contributed by atoms with Gasteiger partial charge in [-0.2, -0.15) is 0 Å². The van der Waals surface area contributed by atoms with Gasteiger partial charge in [0.05, 0.1) is 11.4 Å². The zero-order valence-electron chi connectivity index (χ0n) is 17.9.